The second kappa shape index (κ2) is 7.52. The number of ether oxygens (including phenoxy) is 1. The maximum Gasteiger partial charge on any atom is 0.407 e. The SMILES string of the molecule is CC(C)(C)OC(=O)NCCNC(=O)CCC(=O)O. The highest BCUT2D eigenvalue weighted by Gasteiger charge is 2.15. The molecular formula is C11H20N2O5. The van der Waals surface area contributed by atoms with Gasteiger partial charge in [-0.1, -0.05) is 0 Å². The van der Waals surface area contributed by atoms with Crippen molar-refractivity contribution in [3.8, 4) is 0 Å². The first-order chi connectivity index (χ1) is 8.20. The van der Waals surface area contributed by atoms with Gasteiger partial charge in [0.25, 0.3) is 0 Å². The highest BCUT2D eigenvalue weighted by Crippen LogP contribution is 2.05. The van der Waals surface area contributed by atoms with Gasteiger partial charge in [-0.25, -0.2) is 4.79 Å². The Balaban J connectivity index is 3.59. The molecule has 0 saturated heterocycles. The van der Waals surface area contributed by atoms with Crippen molar-refractivity contribution in [2.45, 2.75) is 39.2 Å². The third kappa shape index (κ3) is 10.7. The summed E-state index contributed by atoms with van der Waals surface area (Å²) in [6.45, 7) is 5.71. The number of hydrogen-bond acceptors (Lipinski definition) is 4. The Morgan fingerprint density at radius 1 is 1.06 bits per heavy atom. The molecule has 7 heteroatoms. The molecule has 0 saturated carbocycles. The molecule has 0 unspecified atom stereocenters. The average Bonchev–Trinajstić information content (AvgIpc) is 2.19. The van der Waals surface area contributed by atoms with Crippen LogP contribution in [0.5, 0.6) is 0 Å². The highest BCUT2D eigenvalue weighted by molar-refractivity contribution is 5.80. The number of aliphatic carboxylic acids is 1. The van der Waals surface area contributed by atoms with Crippen molar-refractivity contribution < 1.29 is 24.2 Å². The summed E-state index contributed by atoms with van der Waals surface area (Å²) in [6, 6.07) is 0. The summed E-state index contributed by atoms with van der Waals surface area (Å²) in [4.78, 5) is 32.5. The fraction of sp³-hybridized carbons (Fsp3) is 0.727. The van der Waals surface area contributed by atoms with E-state index in [0.717, 1.165) is 0 Å². The van der Waals surface area contributed by atoms with Crippen molar-refractivity contribution >= 4 is 18.0 Å². The molecule has 0 spiro atoms. The first kappa shape index (κ1) is 16.2. The minimum absolute atomic E-state index is 0.0677. The van der Waals surface area contributed by atoms with Crippen molar-refractivity contribution in [2.75, 3.05) is 13.1 Å². The fourth-order valence-electron chi connectivity index (χ4n) is 0.990. The molecule has 0 heterocycles. The van der Waals surface area contributed by atoms with Gasteiger partial charge >= 0.3 is 12.1 Å². The summed E-state index contributed by atoms with van der Waals surface area (Å²) in [7, 11) is 0. The predicted molar refractivity (Wildman–Crippen MR) is 64.1 cm³/mol. The molecule has 7 nitrogen and oxygen atoms in total. The second-order valence-electron chi connectivity index (χ2n) is 4.67. The van der Waals surface area contributed by atoms with Crippen molar-refractivity contribution in [3.63, 3.8) is 0 Å². The van der Waals surface area contributed by atoms with Crippen LogP contribution in [0.3, 0.4) is 0 Å². The number of alkyl carbamates (subject to hydrolysis) is 1. The van der Waals surface area contributed by atoms with Crippen molar-refractivity contribution in [2.24, 2.45) is 0 Å². The van der Waals surface area contributed by atoms with Crippen molar-refractivity contribution in [1.82, 2.24) is 10.6 Å². The zero-order valence-corrected chi connectivity index (χ0v) is 10.9. The van der Waals surface area contributed by atoms with Crippen LogP contribution in [-0.2, 0) is 14.3 Å². The molecule has 0 aromatic heterocycles. The van der Waals surface area contributed by atoms with Crippen LogP contribution in [0.2, 0.25) is 0 Å². The Bertz CT molecular complexity index is 309. The van der Waals surface area contributed by atoms with Crippen LogP contribution in [0.25, 0.3) is 0 Å². The molecule has 3 N–H and O–H groups in total. The Hall–Kier alpha value is -1.79. The lowest BCUT2D eigenvalue weighted by Crippen LogP contribution is -2.37. The van der Waals surface area contributed by atoms with E-state index in [4.69, 9.17) is 9.84 Å². The van der Waals surface area contributed by atoms with Gasteiger partial charge in [0.2, 0.25) is 5.91 Å². The number of carbonyl (C=O) groups is 3. The van der Waals surface area contributed by atoms with E-state index in [0.29, 0.717) is 0 Å². The van der Waals surface area contributed by atoms with Gasteiger partial charge in [-0.2, -0.15) is 0 Å². The predicted octanol–water partition coefficient (Wildman–Crippen LogP) is 0.492. The Morgan fingerprint density at radius 2 is 1.61 bits per heavy atom. The molecule has 18 heavy (non-hydrogen) atoms. The van der Waals surface area contributed by atoms with Gasteiger partial charge in [0.1, 0.15) is 5.60 Å². The van der Waals surface area contributed by atoms with Crippen molar-refractivity contribution in [1.29, 1.82) is 0 Å². The molecule has 0 radical (unpaired) electrons. The molecule has 0 atom stereocenters. The van der Waals surface area contributed by atoms with E-state index in [-0.39, 0.29) is 31.8 Å². The van der Waals surface area contributed by atoms with E-state index in [9.17, 15) is 14.4 Å². The number of amides is 2. The van der Waals surface area contributed by atoms with Gasteiger partial charge in [0.05, 0.1) is 6.42 Å². The summed E-state index contributed by atoms with van der Waals surface area (Å²) >= 11 is 0. The zero-order chi connectivity index (χ0) is 14.2. The Morgan fingerprint density at radius 3 is 2.11 bits per heavy atom. The standard InChI is InChI=1S/C11H20N2O5/c1-11(2,3)18-10(17)13-7-6-12-8(14)4-5-9(15)16/h4-7H2,1-3H3,(H,12,14)(H,13,17)(H,15,16). The van der Waals surface area contributed by atoms with Crippen molar-refractivity contribution in [3.05, 3.63) is 0 Å². The van der Waals surface area contributed by atoms with Gasteiger partial charge in [0.15, 0.2) is 0 Å². The number of hydrogen-bond donors (Lipinski definition) is 3. The first-order valence-corrected chi connectivity index (χ1v) is 5.66. The summed E-state index contributed by atoms with van der Waals surface area (Å²) in [5, 5.41) is 13.3. The monoisotopic (exact) mass is 260 g/mol. The third-order valence-corrected chi connectivity index (χ3v) is 1.68. The van der Waals surface area contributed by atoms with E-state index in [1.54, 1.807) is 20.8 Å². The number of rotatable bonds is 6. The Kier molecular flexibility index (Phi) is 6.77. The van der Waals surface area contributed by atoms with Crippen LogP contribution in [0.15, 0.2) is 0 Å². The smallest absolute Gasteiger partial charge is 0.407 e. The fourth-order valence-corrected chi connectivity index (χ4v) is 0.990. The summed E-state index contributed by atoms with van der Waals surface area (Å²) in [5.74, 6) is -1.37. The van der Waals surface area contributed by atoms with Crippen LogP contribution in [0, 0.1) is 0 Å². The van der Waals surface area contributed by atoms with Crippen LogP contribution in [-0.4, -0.2) is 41.8 Å². The molecule has 104 valence electrons. The lowest BCUT2D eigenvalue weighted by Gasteiger charge is -2.19. The molecule has 0 aliphatic rings. The van der Waals surface area contributed by atoms with Gasteiger partial charge in [-0.15, -0.1) is 0 Å². The van der Waals surface area contributed by atoms with E-state index in [2.05, 4.69) is 10.6 Å². The maximum absolute atomic E-state index is 11.2. The van der Waals surface area contributed by atoms with Crippen LogP contribution in [0.4, 0.5) is 4.79 Å². The summed E-state index contributed by atoms with van der Waals surface area (Å²) in [6.07, 6.45) is -0.824. The van der Waals surface area contributed by atoms with E-state index < -0.39 is 17.7 Å². The first-order valence-electron chi connectivity index (χ1n) is 5.66. The largest absolute Gasteiger partial charge is 0.481 e. The number of carboxylic acid groups (broad SMARTS) is 1. The number of carbonyl (C=O) groups excluding carboxylic acids is 2. The molecule has 0 aromatic carbocycles. The molecule has 0 fully saturated rings. The van der Waals surface area contributed by atoms with Gasteiger partial charge in [0, 0.05) is 19.5 Å². The van der Waals surface area contributed by atoms with Gasteiger partial charge in [-0.3, -0.25) is 9.59 Å². The van der Waals surface area contributed by atoms with Gasteiger partial charge in [-0.05, 0) is 20.8 Å². The minimum Gasteiger partial charge on any atom is -0.481 e. The molecule has 0 aliphatic carbocycles. The van der Waals surface area contributed by atoms with Crippen LogP contribution in [0.1, 0.15) is 33.6 Å². The summed E-state index contributed by atoms with van der Waals surface area (Å²) in [5.41, 5.74) is -0.561. The Labute approximate surface area is 106 Å². The molecule has 0 aromatic rings. The molecule has 0 bridgehead atoms. The average molecular weight is 260 g/mol. The summed E-state index contributed by atoms with van der Waals surface area (Å²) < 4.78 is 4.98. The molecule has 2 amide bonds. The number of carboxylic acids is 1. The quantitative estimate of drug-likeness (QED) is 0.603. The maximum atomic E-state index is 11.2. The molecular weight excluding hydrogens is 240 g/mol. The number of nitrogens with one attached hydrogen (secondary N) is 2. The van der Waals surface area contributed by atoms with Crippen LogP contribution < -0.4 is 10.6 Å². The van der Waals surface area contributed by atoms with Gasteiger partial charge < -0.3 is 20.5 Å². The lowest BCUT2D eigenvalue weighted by atomic mass is 10.2. The normalized spacial score (nSPS) is 10.6. The second-order valence-corrected chi connectivity index (χ2v) is 4.67. The van der Waals surface area contributed by atoms with Crippen LogP contribution >= 0.6 is 0 Å². The minimum atomic E-state index is -1.02. The van der Waals surface area contributed by atoms with E-state index in [1.165, 1.54) is 0 Å². The zero-order valence-electron chi connectivity index (χ0n) is 10.9. The third-order valence-electron chi connectivity index (χ3n) is 1.68. The lowest BCUT2D eigenvalue weighted by molar-refractivity contribution is -0.138. The molecule has 0 aliphatic heterocycles. The topological polar surface area (TPSA) is 105 Å². The highest BCUT2D eigenvalue weighted by atomic mass is 16.6. The van der Waals surface area contributed by atoms with E-state index >= 15 is 0 Å². The van der Waals surface area contributed by atoms with E-state index in [1.807, 2.05) is 0 Å². The molecule has 0 rings (SSSR count).